The second-order valence-electron chi connectivity index (χ2n) is 4.74. The van der Waals surface area contributed by atoms with E-state index in [-0.39, 0.29) is 16.5 Å². The van der Waals surface area contributed by atoms with Crippen LogP contribution in [0.5, 0.6) is 0 Å². The van der Waals surface area contributed by atoms with Crippen LogP contribution in [-0.4, -0.2) is 6.04 Å². The van der Waals surface area contributed by atoms with Crippen LogP contribution < -0.4 is 5.73 Å². The minimum Gasteiger partial charge on any atom is -0.327 e. The lowest BCUT2D eigenvalue weighted by Crippen LogP contribution is -2.26. The Morgan fingerprint density at radius 2 is 1.76 bits per heavy atom. The molecule has 0 aromatic heterocycles. The van der Waals surface area contributed by atoms with E-state index in [1.165, 1.54) is 12.1 Å². The van der Waals surface area contributed by atoms with Crippen LogP contribution in [0, 0.1) is 11.6 Å². The van der Waals surface area contributed by atoms with Gasteiger partial charge < -0.3 is 5.73 Å². The minimum absolute atomic E-state index is 0.0167. The minimum atomic E-state index is -0.611. The lowest BCUT2D eigenvalue weighted by molar-refractivity contribution is 0.530. The van der Waals surface area contributed by atoms with Crippen molar-refractivity contribution in [3.05, 3.63) is 67.6 Å². The number of rotatable bonds is 4. The first kappa shape index (κ1) is 16.7. The first-order valence-corrected chi connectivity index (χ1v) is 7.75. The van der Waals surface area contributed by atoms with Crippen molar-refractivity contribution >= 4 is 39.1 Å². The zero-order valence-corrected chi connectivity index (χ0v) is 13.9. The molecule has 0 fully saturated rings. The Bertz CT molecular complexity index is 664. The number of hydrogen-bond donors (Lipinski definition) is 1. The predicted molar refractivity (Wildman–Crippen MR) is 85.9 cm³/mol. The van der Waals surface area contributed by atoms with Gasteiger partial charge in [0.25, 0.3) is 0 Å². The van der Waals surface area contributed by atoms with Gasteiger partial charge in [0.1, 0.15) is 11.6 Å². The molecular formula is C15H12BrCl2F2N. The highest BCUT2D eigenvalue weighted by Crippen LogP contribution is 2.25. The van der Waals surface area contributed by atoms with Crippen molar-refractivity contribution in [2.75, 3.05) is 0 Å². The van der Waals surface area contributed by atoms with E-state index in [2.05, 4.69) is 15.9 Å². The van der Waals surface area contributed by atoms with Crippen molar-refractivity contribution in [2.45, 2.75) is 18.9 Å². The van der Waals surface area contributed by atoms with Gasteiger partial charge in [-0.2, -0.15) is 0 Å². The second kappa shape index (κ2) is 7.05. The van der Waals surface area contributed by atoms with Gasteiger partial charge in [-0.05, 0) is 58.6 Å². The summed E-state index contributed by atoms with van der Waals surface area (Å²) in [5.74, 6) is -1.21. The largest absolute Gasteiger partial charge is 0.327 e. The van der Waals surface area contributed by atoms with Crippen LogP contribution in [0.3, 0.4) is 0 Å². The van der Waals surface area contributed by atoms with Gasteiger partial charge in [0.05, 0.1) is 14.5 Å². The maximum atomic E-state index is 13.9. The number of hydrogen-bond acceptors (Lipinski definition) is 1. The van der Waals surface area contributed by atoms with Gasteiger partial charge in [-0.25, -0.2) is 8.78 Å². The molecule has 1 nitrogen and oxygen atoms in total. The summed E-state index contributed by atoms with van der Waals surface area (Å²) in [5, 5.41) is 0.888. The van der Waals surface area contributed by atoms with Crippen LogP contribution in [-0.2, 0) is 12.8 Å². The van der Waals surface area contributed by atoms with Gasteiger partial charge in [-0.1, -0.05) is 29.3 Å². The van der Waals surface area contributed by atoms with Gasteiger partial charge in [-0.3, -0.25) is 0 Å². The van der Waals surface area contributed by atoms with Crippen LogP contribution in [0.2, 0.25) is 10.0 Å². The molecule has 0 saturated carbocycles. The fraction of sp³-hybridized carbons (Fsp3) is 0.200. The summed E-state index contributed by atoms with van der Waals surface area (Å²) in [6.07, 6.45) is 0.541. The Morgan fingerprint density at radius 1 is 1.05 bits per heavy atom. The van der Waals surface area contributed by atoms with Crippen LogP contribution in [0.15, 0.2) is 34.8 Å². The van der Waals surface area contributed by atoms with Crippen molar-refractivity contribution in [3.63, 3.8) is 0 Å². The molecule has 6 heteroatoms. The number of halogens is 5. The molecule has 2 N–H and O–H groups in total. The van der Waals surface area contributed by atoms with Crippen LogP contribution in [0.25, 0.3) is 0 Å². The number of benzene rings is 2. The average Bonchev–Trinajstić information content (AvgIpc) is 2.43. The second-order valence-corrected chi connectivity index (χ2v) is 6.41. The van der Waals surface area contributed by atoms with E-state index in [9.17, 15) is 8.78 Å². The zero-order chi connectivity index (χ0) is 15.6. The van der Waals surface area contributed by atoms with E-state index in [0.717, 1.165) is 5.56 Å². The molecule has 0 saturated heterocycles. The fourth-order valence-electron chi connectivity index (χ4n) is 2.06. The molecule has 1 unspecified atom stereocenters. The summed E-state index contributed by atoms with van der Waals surface area (Å²) in [6, 6.07) is 7.29. The number of nitrogens with two attached hydrogens (primary N) is 1. The van der Waals surface area contributed by atoms with Crippen molar-refractivity contribution in [3.8, 4) is 0 Å². The molecule has 0 heterocycles. The Morgan fingerprint density at radius 3 is 2.43 bits per heavy atom. The molecule has 2 aromatic carbocycles. The van der Waals surface area contributed by atoms with Gasteiger partial charge in [0.2, 0.25) is 0 Å². The van der Waals surface area contributed by atoms with E-state index >= 15 is 0 Å². The SMILES string of the molecule is NC(Cc1ccc(Cl)c(Cl)c1)Cc1c(F)ccc(Br)c1F. The smallest absolute Gasteiger partial charge is 0.143 e. The quantitative estimate of drug-likeness (QED) is 0.713. The van der Waals surface area contributed by atoms with Gasteiger partial charge in [0, 0.05) is 11.6 Å². The Hall–Kier alpha value is -0.680. The summed E-state index contributed by atoms with van der Waals surface area (Å²) in [7, 11) is 0. The summed E-state index contributed by atoms with van der Waals surface area (Å²) in [5.41, 5.74) is 6.84. The first-order chi connectivity index (χ1) is 9.88. The van der Waals surface area contributed by atoms with E-state index in [1.807, 2.05) is 0 Å². The Balaban J connectivity index is 2.13. The normalized spacial score (nSPS) is 12.5. The molecule has 0 bridgehead atoms. The molecule has 21 heavy (non-hydrogen) atoms. The van der Waals surface area contributed by atoms with Gasteiger partial charge >= 0.3 is 0 Å². The molecule has 2 aromatic rings. The Labute approximate surface area is 140 Å². The highest BCUT2D eigenvalue weighted by molar-refractivity contribution is 9.10. The molecule has 2 rings (SSSR count). The fourth-order valence-corrected chi connectivity index (χ4v) is 2.75. The van der Waals surface area contributed by atoms with Crippen molar-refractivity contribution in [2.24, 2.45) is 5.73 Å². The van der Waals surface area contributed by atoms with Crippen molar-refractivity contribution in [1.29, 1.82) is 0 Å². The summed E-state index contributed by atoms with van der Waals surface area (Å²) < 4.78 is 27.8. The molecule has 0 aliphatic rings. The van der Waals surface area contributed by atoms with Crippen LogP contribution in [0.1, 0.15) is 11.1 Å². The average molecular weight is 395 g/mol. The topological polar surface area (TPSA) is 26.0 Å². The lowest BCUT2D eigenvalue weighted by Gasteiger charge is -2.14. The molecule has 1 atom stereocenters. The van der Waals surface area contributed by atoms with Gasteiger partial charge in [0.15, 0.2) is 0 Å². The summed E-state index contributed by atoms with van der Waals surface area (Å²) in [4.78, 5) is 0. The first-order valence-electron chi connectivity index (χ1n) is 6.20. The third-order valence-corrected chi connectivity index (χ3v) is 4.44. The molecule has 0 aliphatic carbocycles. The highest BCUT2D eigenvalue weighted by Gasteiger charge is 2.16. The standard InChI is InChI=1S/C15H12BrCl2F2N/c16-11-2-4-14(19)10(15(11)20)7-9(21)5-8-1-3-12(17)13(18)6-8/h1-4,6,9H,5,7,21H2. The molecule has 0 spiro atoms. The van der Waals surface area contributed by atoms with E-state index in [0.29, 0.717) is 16.5 Å². The lowest BCUT2D eigenvalue weighted by atomic mass is 9.99. The summed E-state index contributed by atoms with van der Waals surface area (Å²) in [6.45, 7) is 0. The zero-order valence-electron chi connectivity index (χ0n) is 10.8. The highest BCUT2D eigenvalue weighted by atomic mass is 79.9. The van der Waals surface area contributed by atoms with Crippen LogP contribution >= 0.6 is 39.1 Å². The van der Waals surface area contributed by atoms with Crippen LogP contribution in [0.4, 0.5) is 8.78 Å². The van der Waals surface area contributed by atoms with E-state index < -0.39 is 17.7 Å². The van der Waals surface area contributed by atoms with Crippen molar-refractivity contribution < 1.29 is 8.78 Å². The van der Waals surface area contributed by atoms with E-state index in [1.54, 1.807) is 18.2 Å². The maximum Gasteiger partial charge on any atom is 0.143 e. The van der Waals surface area contributed by atoms with E-state index in [4.69, 9.17) is 28.9 Å². The predicted octanol–water partition coefficient (Wildman–Crippen LogP) is 5.15. The van der Waals surface area contributed by atoms with Crippen molar-refractivity contribution in [1.82, 2.24) is 0 Å². The van der Waals surface area contributed by atoms with Gasteiger partial charge in [-0.15, -0.1) is 0 Å². The summed E-state index contributed by atoms with van der Waals surface area (Å²) >= 11 is 14.8. The molecule has 0 aliphatic heterocycles. The monoisotopic (exact) mass is 393 g/mol. The molecule has 0 amide bonds. The third kappa shape index (κ3) is 4.16. The maximum absolute atomic E-state index is 13.9. The third-order valence-electron chi connectivity index (χ3n) is 3.09. The Kier molecular flexibility index (Phi) is 5.60. The molecular weight excluding hydrogens is 383 g/mol. The molecule has 0 radical (unpaired) electrons. The molecule has 112 valence electrons.